The summed E-state index contributed by atoms with van der Waals surface area (Å²) in [5.74, 6) is -1.64. The molecule has 0 bridgehead atoms. The fourth-order valence-corrected chi connectivity index (χ4v) is 3.20. The van der Waals surface area contributed by atoms with Gasteiger partial charge in [-0.05, 0) is 42.5 Å². The number of para-hydroxylation sites is 1. The van der Waals surface area contributed by atoms with Crippen molar-refractivity contribution in [2.45, 2.75) is 6.10 Å². The maximum atomic E-state index is 12.9. The van der Waals surface area contributed by atoms with Crippen LogP contribution in [0, 0.1) is 0 Å². The van der Waals surface area contributed by atoms with Gasteiger partial charge in [-0.2, -0.15) is 0 Å². The normalized spacial score (nSPS) is 11.7. The second-order valence-electron chi connectivity index (χ2n) is 6.73. The summed E-state index contributed by atoms with van der Waals surface area (Å²) in [6.07, 6.45) is 0.0898. The molecular weight excluding hydrogens is 414 g/mol. The van der Waals surface area contributed by atoms with Gasteiger partial charge < -0.3 is 14.5 Å². The van der Waals surface area contributed by atoms with Crippen LogP contribution in [-0.4, -0.2) is 33.6 Å². The highest BCUT2D eigenvalue weighted by Gasteiger charge is 2.28. The van der Waals surface area contributed by atoms with Gasteiger partial charge >= 0.3 is 17.6 Å². The lowest BCUT2D eigenvalue weighted by atomic mass is 10.1. The van der Waals surface area contributed by atoms with Crippen molar-refractivity contribution in [3.05, 3.63) is 105 Å². The molecule has 0 aliphatic rings. The highest BCUT2D eigenvalue weighted by Crippen LogP contribution is 2.20. The first-order valence-electron chi connectivity index (χ1n) is 9.54. The number of carbonyl (C=O) groups excluding carboxylic acids is 2. The smallest absolute Gasteiger partial charge is 0.353 e. The minimum Gasteiger partial charge on any atom is -0.466 e. The average molecular weight is 431 g/mol. The van der Waals surface area contributed by atoms with Gasteiger partial charge in [-0.25, -0.2) is 19.0 Å². The standard InChI is InChI=1S/C23H17N3O6/c1-31-22(29)19(17-9-5-6-12-24-17)32-21(28)14-10-11-16-18(13-14)25-23(30)26(20(16)27)15-7-3-2-4-8-15/h2-13,19H,1H3,(H,25,30). The molecule has 9 nitrogen and oxygen atoms in total. The molecule has 0 spiro atoms. The minimum atomic E-state index is -1.37. The number of rotatable bonds is 5. The van der Waals surface area contributed by atoms with Crippen molar-refractivity contribution >= 4 is 22.8 Å². The number of ether oxygens (including phenoxy) is 2. The van der Waals surface area contributed by atoms with E-state index in [4.69, 9.17) is 9.47 Å². The number of fused-ring (bicyclic) bond motifs is 1. The quantitative estimate of drug-likeness (QED) is 0.481. The Morgan fingerprint density at radius 1 is 1.00 bits per heavy atom. The Hall–Kier alpha value is -4.53. The van der Waals surface area contributed by atoms with Gasteiger partial charge in [0, 0.05) is 6.20 Å². The number of esters is 2. The summed E-state index contributed by atoms with van der Waals surface area (Å²) in [6.45, 7) is 0. The summed E-state index contributed by atoms with van der Waals surface area (Å²) in [4.78, 5) is 56.9. The second-order valence-corrected chi connectivity index (χ2v) is 6.73. The van der Waals surface area contributed by atoms with Crippen LogP contribution in [0.4, 0.5) is 0 Å². The van der Waals surface area contributed by atoms with Crippen LogP contribution < -0.4 is 11.2 Å². The van der Waals surface area contributed by atoms with E-state index in [9.17, 15) is 19.2 Å². The molecule has 0 saturated heterocycles. The summed E-state index contributed by atoms with van der Waals surface area (Å²) in [7, 11) is 1.17. The first kappa shape index (κ1) is 20.7. The van der Waals surface area contributed by atoms with Crippen molar-refractivity contribution in [1.82, 2.24) is 14.5 Å². The maximum absolute atomic E-state index is 12.9. The molecule has 1 unspecified atom stereocenters. The molecule has 4 rings (SSSR count). The highest BCUT2D eigenvalue weighted by molar-refractivity contribution is 5.95. The number of nitrogens with one attached hydrogen (secondary N) is 1. The number of aromatic nitrogens is 3. The molecule has 2 aromatic carbocycles. The predicted molar refractivity (Wildman–Crippen MR) is 115 cm³/mol. The first-order chi connectivity index (χ1) is 15.5. The number of carbonyl (C=O) groups is 2. The third kappa shape index (κ3) is 3.91. The van der Waals surface area contributed by atoms with Crippen molar-refractivity contribution in [2.24, 2.45) is 0 Å². The lowest BCUT2D eigenvalue weighted by Crippen LogP contribution is -2.33. The van der Waals surface area contributed by atoms with Crippen molar-refractivity contribution in [2.75, 3.05) is 7.11 Å². The zero-order valence-corrected chi connectivity index (χ0v) is 16.8. The maximum Gasteiger partial charge on any atom is 0.353 e. The van der Waals surface area contributed by atoms with Gasteiger partial charge in [-0.15, -0.1) is 0 Å². The number of benzene rings is 2. The van der Waals surface area contributed by atoms with E-state index in [1.165, 1.54) is 37.6 Å². The Morgan fingerprint density at radius 2 is 1.75 bits per heavy atom. The van der Waals surface area contributed by atoms with Crippen LogP contribution in [0.15, 0.2) is 82.5 Å². The van der Waals surface area contributed by atoms with Gasteiger partial charge in [-0.3, -0.25) is 9.78 Å². The van der Waals surface area contributed by atoms with Crippen molar-refractivity contribution < 1.29 is 19.1 Å². The number of hydrogen-bond donors (Lipinski definition) is 1. The lowest BCUT2D eigenvalue weighted by Gasteiger charge is -2.15. The van der Waals surface area contributed by atoms with Gasteiger partial charge in [0.2, 0.25) is 6.10 Å². The summed E-state index contributed by atoms with van der Waals surface area (Å²) < 4.78 is 11.0. The number of H-pyrrole nitrogens is 1. The van der Waals surface area contributed by atoms with Gasteiger partial charge in [0.05, 0.1) is 35.0 Å². The molecule has 1 N–H and O–H groups in total. The summed E-state index contributed by atoms with van der Waals surface area (Å²) >= 11 is 0. The highest BCUT2D eigenvalue weighted by atomic mass is 16.6. The Labute approximate surface area is 180 Å². The summed E-state index contributed by atoms with van der Waals surface area (Å²) in [5, 5.41) is 0.208. The van der Waals surface area contributed by atoms with E-state index in [0.29, 0.717) is 5.69 Å². The molecule has 4 aromatic rings. The van der Waals surface area contributed by atoms with Crippen LogP contribution in [0.2, 0.25) is 0 Å². The van der Waals surface area contributed by atoms with Crippen LogP contribution in [0.1, 0.15) is 22.2 Å². The second kappa shape index (κ2) is 8.68. The Kier molecular flexibility index (Phi) is 5.63. The average Bonchev–Trinajstić information content (AvgIpc) is 2.82. The van der Waals surface area contributed by atoms with Crippen LogP contribution in [0.3, 0.4) is 0 Å². The van der Waals surface area contributed by atoms with E-state index in [-0.39, 0.29) is 22.2 Å². The molecule has 2 heterocycles. The van der Waals surface area contributed by atoms with Crippen molar-refractivity contribution in [1.29, 1.82) is 0 Å². The molecule has 0 aliphatic heterocycles. The Balaban J connectivity index is 1.71. The Morgan fingerprint density at radius 3 is 2.44 bits per heavy atom. The van der Waals surface area contributed by atoms with Crippen molar-refractivity contribution in [3.63, 3.8) is 0 Å². The van der Waals surface area contributed by atoms with E-state index < -0.39 is 29.3 Å². The predicted octanol–water partition coefficient (Wildman–Crippen LogP) is 2.15. The molecule has 1 atom stereocenters. The fraction of sp³-hybridized carbons (Fsp3) is 0.0870. The number of pyridine rings is 1. The third-order valence-corrected chi connectivity index (χ3v) is 4.74. The summed E-state index contributed by atoms with van der Waals surface area (Å²) in [6, 6.07) is 17.4. The van der Waals surface area contributed by atoms with E-state index >= 15 is 0 Å². The van der Waals surface area contributed by atoms with Crippen LogP contribution >= 0.6 is 0 Å². The SMILES string of the molecule is COC(=O)C(OC(=O)c1ccc2c(=O)n(-c3ccccc3)c(=O)[nH]c2c1)c1ccccn1. The van der Waals surface area contributed by atoms with Gasteiger partial charge in [0.15, 0.2) is 0 Å². The Bertz CT molecular complexity index is 1410. The molecule has 0 amide bonds. The van der Waals surface area contributed by atoms with Gasteiger partial charge in [0.1, 0.15) is 0 Å². The molecule has 0 aliphatic carbocycles. The zero-order chi connectivity index (χ0) is 22.7. The zero-order valence-electron chi connectivity index (χ0n) is 16.8. The molecule has 160 valence electrons. The van der Waals surface area contributed by atoms with Gasteiger partial charge in [0.25, 0.3) is 5.56 Å². The van der Waals surface area contributed by atoms with Crippen LogP contribution in [0.25, 0.3) is 16.6 Å². The van der Waals surface area contributed by atoms with Crippen LogP contribution in [-0.2, 0) is 14.3 Å². The number of methoxy groups -OCH3 is 1. The largest absolute Gasteiger partial charge is 0.466 e. The van der Waals surface area contributed by atoms with E-state index in [1.807, 2.05) is 0 Å². The lowest BCUT2D eigenvalue weighted by molar-refractivity contribution is -0.151. The molecule has 0 fully saturated rings. The molecular formula is C23H17N3O6. The number of nitrogens with zero attached hydrogens (tertiary/aromatic N) is 2. The minimum absolute atomic E-state index is 0.0369. The fourth-order valence-electron chi connectivity index (χ4n) is 3.20. The third-order valence-electron chi connectivity index (χ3n) is 4.74. The monoisotopic (exact) mass is 431 g/mol. The summed E-state index contributed by atoms with van der Waals surface area (Å²) in [5.41, 5.74) is -0.368. The molecule has 0 radical (unpaired) electrons. The van der Waals surface area contributed by atoms with Crippen LogP contribution in [0.5, 0.6) is 0 Å². The molecule has 32 heavy (non-hydrogen) atoms. The molecule has 0 saturated carbocycles. The van der Waals surface area contributed by atoms with E-state index in [0.717, 1.165) is 4.57 Å². The number of hydrogen-bond acceptors (Lipinski definition) is 7. The topological polar surface area (TPSA) is 120 Å². The molecule has 2 aromatic heterocycles. The number of aromatic amines is 1. The first-order valence-corrected chi connectivity index (χ1v) is 9.54. The van der Waals surface area contributed by atoms with Crippen molar-refractivity contribution in [3.8, 4) is 5.69 Å². The van der Waals surface area contributed by atoms with E-state index in [2.05, 4.69) is 9.97 Å². The molecule has 9 heteroatoms. The van der Waals surface area contributed by atoms with E-state index in [1.54, 1.807) is 42.5 Å². The van der Waals surface area contributed by atoms with Gasteiger partial charge in [-0.1, -0.05) is 24.3 Å².